The summed E-state index contributed by atoms with van der Waals surface area (Å²) in [7, 11) is 1.32. The number of carbonyl (C=O) groups excluding carboxylic acids is 2. The third-order valence-corrected chi connectivity index (χ3v) is 4.42. The molecule has 0 aliphatic rings. The van der Waals surface area contributed by atoms with Crippen LogP contribution in [0.3, 0.4) is 0 Å². The molecule has 0 fully saturated rings. The summed E-state index contributed by atoms with van der Waals surface area (Å²) < 4.78 is 15.5. The number of fused-ring (bicyclic) bond motifs is 1. The Bertz CT molecular complexity index is 1110. The van der Waals surface area contributed by atoms with E-state index in [1.807, 2.05) is 13.0 Å². The molecule has 0 aliphatic heterocycles. The summed E-state index contributed by atoms with van der Waals surface area (Å²) in [5.41, 5.74) is 2.56. The molecule has 3 aromatic rings. The second kappa shape index (κ2) is 8.08. The largest absolute Gasteiger partial charge is 0.469 e. The van der Waals surface area contributed by atoms with Crippen molar-refractivity contribution in [2.75, 3.05) is 7.11 Å². The van der Waals surface area contributed by atoms with Crippen LogP contribution in [0.25, 0.3) is 11.0 Å². The molecule has 28 heavy (non-hydrogen) atoms. The molecule has 6 heteroatoms. The van der Waals surface area contributed by atoms with E-state index in [-0.39, 0.29) is 18.1 Å². The van der Waals surface area contributed by atoms with E-state index in [4.69, 9.17) is 13.9 Å². The molecule has 1 aromatic heterocycles. The summed E-state index contributed by atoms with van der Waals surface area (Å²) in [4.78, 5) is 35.8. The van der Waals surface area contributed by atoms with E-state index in [1.165, 1.54) is 19.2 Å². The number of methoxy groups -OCH3 is 1. The first-order valence-corrected chi connectivity index (χ1v) is 8.80. The first-order chi connectivity index (χ1) is 13.4. The van der Waals surface area contributed by atoms with Crippen molar-refractivity contribution in [1.82, 2.24) is 0 Å². The summed E-state index contributed by atoms with van der Waals surface area (Å²) in [5, 5.41) is 0.717. The Hall–Kier alpha value is -3.41. The van der Waals surface area contributed by atoms with Gasteiger partial charge in [-0.1, -0.05) is 17.7 Å². The highest BCUT2D eigenvalue weighted by atomic mass is 16.5. The second-order valence-electron chi connectivity index (χ2n) is 6.54. The molecule has 144 valence electrons. The van der Waals surface area contributed by atoms with Gasteiger partial charge in [0.25, 0.3) is 0 Å². The van der Waals surface area contributed by atoms with Gasteiger partial charge in [0.2, 0.25) is 0 Å². The maximum absolute atomic E-state index is 12.6. The molecule has 1 heterocycles. The summed E-state index contributed by atoms with van der Waals surface area (Å²) in [6.07, 6.45) is 0.449. The Balaban J connectivity index is 2.03. The van der Waals surface area contributed by atoms with Crippen LogP contribution in [0.15, 0.2) is 51.7 Å². The van der Waals surface area contributed by atoms with Crippen molar-refractivity contribution in [3.63, 3.8) is 0 Å². The third kappa shape index (κ3) is 4.28. The van der Waals surface area contributed by atoms with Crippen LogP contribution in [0.1, 0.15) is 33.5 Å². The van der Waals surface area contributed by atoms with Crippen LogP contribution < -0.4 is 10.4 Å². The molecule has 0 bridgehead atoms. The molecule has 3 rings (SSSR count). The van der Waals surface area contributed by atoms with Gasteiger partial charge in [-0.2, -0.15) is 0 Å². The molecule has 0 radical (unpaired) electrons. The van der Waals surface area contributed by atoms with Crippen molar-refractivity contribution in [2.24, 2.45) is 0 Å². The average Bonchev–Trinajstić information content (AvgIpc) is 2.66. The lowest BCUT2D eigenvalue weighted by Gasteiger charge is -2.12. The van der Waals surface area contributed by atoms with Gasteiger partial charge in [-0.3, -0.25) is 4.79 Å². The predicted octanol–water partition coefficient (Wildman–Crippen LogP) is 3.73. The molecule has 0 amide bonds. The van der Waals surface area contributed by atoms with Gasteiger partial charge < -0.3 is 13.9 Å². The van der Waals surface area contributed by atoms with Gasteiger partial charge in [0.05, 0.1) is 12.7 Å². The number of hydrogen-bond donors (Lipinski definition) is 0. The number of ether oxygens (including phenoxy) is 2. The van der Waals surface area contributed by atoms with Crippen molar-refractivity contribution in [3.8, 4) is 5.75 Å². The molecule has 0 aliphatic carbocycles. The molecule has 0 unspecified atom stereocenters. The second-order valence-corrected chi connectivity index (χ2v) is 6.54. The minimum absolute atomic E-state index is 0.132. The van der Waals surface area contributed by atoms with Crippen LogP contribution in [0.4, 0.5) is 0 Å². The van der Waals surface area contributed by atoms with E-state index in [9.17, 15) is 14.4 Å². The Labute approximate surface area is 161 Å². The van der Waals surface area contributed by atoms with Crippen molar-refractivity contribution >= 4 is 22.9 Å². The fourth-order valence-corrected chi connectivity index (χ4v) is 2.95. The van der Waals surface area contributed by atoms with Gasteiger partial charge in [0.1, 0.15) is 11.3 Å². The van der Waals surface area contributed by atoms with E-state index >= 15 is 0 Å². The fraction of sp³-hybridized carbons (Fsp3) is 0.227. The highest BCUT2D eigenvalue weighted by molar-refractivity contribution is 5.92. The monoisotopic (exact) mass is 380 g/mol. The Kier molecular flexibility index (Phi) is 5.59. The van der Waals surface area contributed by atoms with Crippen molar-refractivity contribution in [3.05, 3.63) is 75.1 Å². The highest BCUT2D eigenvalue weighted by Gasteiger charge is 2.16. The predicted molar refractivity (Wildman–Crippen MR) is 104 cm³/mol. The molecular formula is C22H20O6. The van der Waals surface area contributed by atoms with Crippen LogP contribution in [0.5, 0.6) is 5.75 Å². The quantitative estimate of drug-likeness (QED) is 0.381. The van der Waals surface area contributed by atoms with Gasteiger partial charge in [0.15, 0.2) is 0 Å². The molecule has 0 saturated heterocycles. The lowest BCUT2D eigenvalue weighted by atomic mass is 10.0. The topological polar surface area (TPSA) is 82.8 Å². The van der Waals surface area contributed by atoms with Crippen LogP contribution in [0.2, 0.25) is 0 Å². The smallest absolute Gasteiger partial charge is 0.343 e. The van der Waals surface area contributed by atoms with E-state index in [0.717, 1.165) is 16.5 Å². The van der Waals surface area contributed by atoms with E-state index in [0.29, 0.717) is 23.1 Å². The normalized spacial score (nSPS) is 10.7. The van der Waals surface area contributed by atoms with Crippen molar-refractivity contribution in [2.45, 2.75) is 26.7 Å². The molecule has 0 atom stereocenters. The van der Waals surface area contributed by atoms with Gasteiger partial charge in [-0.15, -0.1) is 0 Å². The number of rotatable bonds is 5. The van der Waals surface area contributed by atoms with Gasteiger partial charge in [-0.05, 0) is 49.6 Å². The lowest BCUT2D eigenvalue weighted by Crippen LogP contribution is -2.11. The summed E-state index contributed by atoms with van der Waals surface area (Å²) in [6.45, 7) is 3.67. The minimum atomic E-state index is -0.530. The Morgan fingerprint density at radius 3 is 2.57 bits per heavy atom. The van der Waals surface area contributed by atoms with E-state index in [2.05, 4.69) is 0 Å². The number of carbonyl (C=O) groups is 2. The van der Waals surface area contributed by atoms with Crippen molar-refractivity contribution < 1.29 is 23.5 Å². The van der Waals surface area contributed by atoms with Crippen LogP contribution in [-0.2, 0) is 16.0 Å². The summed E-state index contributed by atoms with van der Waals surface area (Å²) >= 11 is 0. The maximum atomic E-state index is 12.6. The molecule has 0 spiro atoms. The standard InChI is InChI=1S/C22H20O6/c1-13-5-4-6-16(9-13)22(25)28-18-12-19-17(14(2)10-21(24)27-19)11-15(18)7-8-20(23)26-3/h4-6,9-12H,7-8H2,1-3H3. The molecule has 0 saturated carbocycles. The van der Waals surface area contributed by atoms with Crippen molar-refractivity contribution in [1.29, 1.82) is 0 Å². The molecular weight excluding hydrogens is 360 g/mol. The fourth-order valence-electron chi connectivity index (χ4n) is 2.95. The van der Waals surface area contributed by atoms with Crippen LogP contribution in [-0.4, -0.2) is 19.0 Å². The lowest BCUT2D eigenvalue weighted by molar-refractivity contribution is -0.140. The van der Waals surface area contributed by atoms with Gasteiger partial charge in [-0.25, -0.2) is 9.59 Å². The first kappa shape index (κ1) is 19.4. The number of aryl methyl sites for hydroxylation is 3. The maximum Gasteiger partial charge on any atom is 0.343 e. The summed E-state index contributed by atoms with van der Waals surface area (Å²) in [6, 6.07) is 11.7. The SMILES string of the molecule is COC(=O)CCc1cc2c(C)cc(=O)oc2cc1OC(=O)c1cccc(C)c1. The zero-order valence-electron chi connectivity index (χ0n) is 15.9. The Morgan fingerprint density at radius 1 is 1.07 bits per heavy atom. The molecule has 0 N–H and O–H groups in total. The number of benzene rings is 2. The average molecular weight is 380 g/mol. The van der Waals surface area contributed by atoms with Crippen LogP contribution >= 0.6 is 0 Å². The third-order valence-electron chi connectivity index (χ3n) is 4.42. The first-order valence-electron chi connectivity index (χ1n) is 8.80. The van der Waals surface area contributed by atoms with E-state index in [1.54, 1.807) is 31.2 Å². The molecule has 6 nitrogen and oxygen atoms in total. The molecule has 2 aromatic carbocycles. The zero-order chi connectivity index (χ0) is 20.3. The number of esters is 2. The Morgan fingerprint density at radius 2 is 1.86 bits per heavy atom. The highest BCUT2D eigenvalue weighted by Crippen LogP contribution is 2.29. The zero-order valence-corrected chi connectivity index (χ0v) is 15.9. The minimum Gasteiger partial charge on any atom is -0.469 e. The number of hydrogen-bond acceptors (Lipinski definition) is 6. The van der Waals surface area contributed by atoms with Gasteiger partial charge in [0, 0.05) is 23.9 Å². The summed E-state index contributed by atoms with van der Waals surface area (Å²) in [5.74, 6) is -0.651. The van der Waals surface area contributed by atoms with Crippen LogP contribution in [0, 0.1) is 13.8 Å². The van der Waals surface area contributed by atoms with Gasteiger partial charge >= 0.3 is 17.6 Å². The van der Waals surface area contributed by atoms with E-state index < -0.39 is 11.6 Å².